The molecule has 0 radical (unpaired) electrons. The smallest absolute Gasteiger partial charge is 0.251 e. The van der Waals surface area contributed by atoms with Gasteiger partial charge in [-0.3, -0.25) is 9.48 Å². The monoisotopic (exact) mass is 272 g/mol. The highest BCUT2D eigenvalue weighted by molar-refractivity contribution is 5.96. The van der Waals surface area contributed by atoms with Crippen LogP contribution in [0.5, 0.6) is 0 Å². The molecule has 3 N–H and O–H groups in total. The van der Waals surface area contributed by atoms with Crippen LogP contribution in [0, 0.1) is 13.8 Å². The number of aryl methyl sites for hydroxylation is 3. The van der Waals surface area contributed by atoms with Crippen LogP contribution < -0.4 is 11.1 Å². The lowest BCUT2D eigenvalue weighted by molar-refractivity contribution is 0.0952. The lowest BCUT2D eigenvalue weighted by Gasteiger charge is -2.10. The second-order valence-electron chi connectivity index (χ2n) is 4.90. The van der Waals surface area contributed by atoms with Gasteiger partial charge in [0.05, 0.1) is 0 Å². The van der Waals surface area contributed by atoms with Gasteiger partial charge in [0.25, 0.3) is 5.91 Å². The predicted molar refractivity (Wildman–Crippen MR) is 79.5 cm³/mol. The molecule has 1 heterocycles. The van der Waals surface area contributed by atoms with E-state index >= 15 is 0 Å². The molecule has 0 bridgehead atoms. The number of nitrogens with one attached hydrogen (secondary N) is 1. The Morgan fingerprint density at radius 2 is 2.15 bits per heavy atom. The van der Waals surface area contributed by atoms with E-state index < -0.39 is 0 Å². The number of nitrogens with zero attached hydrogens (tertiary/aromatic N) is 2. The Bertz CT molecular complexity index is 590. The van der Waals surface area contributed by atoms with E-state index in [9.17, 15) is 4.79 Å². The molecule has 0 aliphatic carbocycles. The third-order valence-corrected chi connectivity index (χ3v) is 3.27. The van der Waals surface area contributed by atoms with E-state index in [0.717, 1.165) is 24.1 Å². The lowest BCUT2D eigenvalue weighted by Crippen LogP contribution is -2.26. The summed E-state index contributed by atoms with van der Waals surface area (Å²) < 4.78 is 1.85. The van der Waals surface area contributed by atoms with Gasteiger partial charge in [0, 0.05) is 36.7 Å². The predicted octanol–water partition coefficient (Wildman–Crippen LogP) is 1.90. The zero-order valence-corrected chi connectivity index (χ0v) is 11.9. The zero-order chi connectivity index (χ0) is 14.5. The second kappa shape index (κ2) is 6.23. The summed E-state index contributed by atoms with van der Waals surface area (Å²) in [6.07, 6.45) is 4.50. The van der Waals surface area contributed by atoms with E-state index in [1.807, 2.05) is 36.9 Å². The van der Waals surface area contributed by atoms with Crippen molar-refractivity contribution in [3.63, 3.8) is 0 Å². The van der Waals surface area contributed by atoms with Crippen LogP contribution in [0.15, 0.2) is 30.6 Å². The minimum Gasteiger partial charge on any atom is -0.398 e. The van der Waals surface area contributed by atoms with Crippen LogP contribution in [0.2, 0.25) is 0 Å². The number of benzene rings is 1. The van der Waals surface area contributed by atoms with Crippen molar-refractivity contribution in [1.82, 2.24) is 15.1 Å². The van der Waals surface area contributed by atoms with Crippen molar-refractivity contribution in [3.05, 3.63) is 47.3 Å². The second-order valence-corrected chi connectivity index (χ2v) is 4.90. The maximum absolute atomic E-state index is 12.1. The Balaban J connectivity index is 1.87. The molecule has 0 saturated carbocycles. The van der Waals surface area contributed by atoms with E-state index in [4.69, 9.17) is 5.73 Å². The SMILES string of the molecule is Cc1cc(C)c(C(=O)NCCCn2cccn2)cc1N. The molecule has 2 rings (SSSR count). The van der Waals surface area contributed by atoms with Gasteiger partial charge in [-0.2, -0.15) is 5.10 Å². The van der Waals surface area contributed by atoms with Crippen LogP contribution in [0.3, 0.4) is 0 Å². The first-order valence-electron chi connectivity index (χ1n) is 6.70. The fourth-order valence-electron chi connectivity index (χ4n) is 2.08. The molecule has 0 aliphatic rings. The first-order valence-corrected chi connectivity index (χ1v) is 6.70. The standard InChI is InChI=1S/C15H20N4O/c1-11-9-12(2)14(16)10-13(11)15(20)17-5-3-7-19-8-4-6-18-19/h4,6,8-10H,3,5,7,16H2,1-2H3,(H,17,20). The average molecular weight is 272 g/mol. The molecule has 106 valence electrons. The molecular formula is C15H20N4O. The molecule has 5 nitrogen and oxygen atoms in total. The van der Waals surface area contributed by atoms with Crippen LogP contribution in [0.1, 0.15) is 27.9 Å². The number of carbonyl (C=O) groups is 1. The maximum Gasteiger partial charge on any atom is 0.251 e. The number of hydrogen-bond acceptors (Lipinski definition) is 3. The van der Waals surface area contributed by atoms with Gasteiger partial charge < -0.3 is 11.1 Å². The van der Waals surface area contributed by atoms with E-state index in [1.54, 1.807) is 12.3 Å². The average Bonchev–Trinajstić information content (AvgIpc) is 2.92. The molecule has 0 saturated heterocycles. The number of nitrogens with two attached hydrogens (primary N) is 1. The summed E-state index contributed by atoms with van der Waals surface area (Å²) in [5.41, 5.74) is 9.09. The van der Waals surface area contributed by atoms with Crippen LogP contribution in [-0.2, 0) is 6.54 Å². The van der Waals surface area contributed by atoms with Crippen molar-refractivity contribution in [2.45, 2.75) is 26.8 Å². The number of hydrogen-bond donors (Lipinski definition) is 2. The fourth-order valence-corrected chi connectivity index (χ4v) is 2.08. The minimum absolute atomic E-state index is 0.0744. The number of nitrogen functional groups attached to an aromatic ring is 1. The number of carbonyl (C=O) groups excluding carboxylic acids is 1. The van der Waals surface area contributed by atoms with Gasteiger partial charge in [0.1, 0.15) is 0 Å². The largest absolute Gasteiger partial charge is 0.398 e. The van der Waals surface area contributed by atoms with Crippen molar-refractivity contribution >= 4 is 11.6 Å². The summed E-state index contributed by atoms with van der Waals surface area (Å²) in [7, 11) is 0. The highest BCUT2D eigenvalue weighted by Gasteiger charge is 2.10. The van der Waals surface area contributed by atoms with Crippen molar-refractivity contribution < 1.29 is 4.79 Å². The first-order chi connectivity index (χ1) is 9.58. The van der Waals surface area contributed by atoms with Gasteiger partial charge in [-0.25, -0.2) is 0 Å². The Hall–Kier alpha value is -2.30. The molecule has 1 aromatic carbocycles. The topological polar surface area (TPSA) is 72.9 Å². The Morgan fingerprint density at radius 3 is 2.85 bits per heavy atom. The molecule has 20 heavy (non-hydrogen) atoms. The van der Waals surface area contributed by atoms with E-state index in [-0.39, 0.29) is 5.91 Å². The van der Waals surface area contributed by atoms with Gasteiger partial charge in [-0.1, -0.05) is 6.07 Å². The highest BCUT2D eigenvalue weighted by atomic mass is 16.1. The van der Waals surface area contributed by atoms with Gasteiger partial charge >= 0.3 is 0 Å². The first kappa shape index (κ1) is 14.1. The lowest BCUT2D eigenvalue weighted by atomic mass is 10.0. The number of aromatic nitrogens is 2. The Labute approximate surface area is 118 Å². The van der Waals surface area contributed by atoms with Gasteiger partial charge in [-0.05, 0) is 43.5 Å². The zero-order valence-electron chi connectivity index (χ0n) is 11.9. The van der Waals surface area contributed by atoms with Crippen molar-refractivity contribution in [1.29, 1.82) is 0 Å². The molecule has 1 amide bonds. The van der Waals surface area contributed by atoms with E-state index in [2.05, 4.69) is 10.4 Å². The number of anilines is 1. The third kappa shape index (κ3) is 3.38. The molecule has 5 heteroatoms. The van der Waals surface area contributed by atoms with E-state index in [0.29, 0.717) is 17.8 Å². The normalized spacial score (nSPS) is 10.5. The van der Waals surface area contributed by atoms with Crippen LogP contribution in [0.4, 0.5) is 5.69 Å². The summed E-state index contributed by atoms with van der Waals surface area (Å²) in [5, 5.41) is 7.03. The number of amides is 1. The highest BCUT2D eigenvalue weighted by Crippen LogP contribution is 2.17. The quantitative estimate of drug-likeness (QED) is 0.645. The fraction of sp³-hybridized carbons (Fsp3) is 0.333. The molecule has 0 atom stereocenters. The Morgan fingerprint density at radius 1 is 1.35 bits per heavy atom. The maximum atomic E-state index is 12.1. The molecule has 2 aromatic rings. The summed E-state index contributed by atoms with van der Waals surface area (Å²) in [4.78, 5) is 12.1. The number of rotatable bonds is 5. The summed E-state index contributed by atoms with van der Waals surface area (Å²) in [6.45, 7) is 5.27. The van der Waals surface area contributed by atoms with E-state index in [1.165, 1.54) is 0 Å². The van der Waals surface area contributed by atoms with Gasteiger partial charge in [-0.15, -0.1) is 0 Å². The summed E-state index contributed by atoms with van der Waals surface area (Å²) in [5.74, 6) is -0.0744. The minimum atomic E-state index is -0.0744. The van der Waals surface area contributed by atoms with Gasteiger partial charge in [0.15, 0.2) is 0 Å². The Kier molecular flexibility index (Phi) is 4.40. The van der Waals surface area contributed by atoms with Crippen molar-refractivity contribution in [2.75, 3.05) is 12.3 Å². The molecule has 0 unspecified atom stereocenters. The third-order valence-electron chi connectivity index (χ3n) is 3.27. The van der Waals surface area contributed by atoms with Gasteiger partial charge in [0.2, 0.25) is 0 Å². The molecule has 0 aliphatic heterocycles. The molecule has 0 spiro atoms. The van der Waals surface area contributed by atoms with Crippen LogP contribution >= 0.6 is 0 Å². The van der Waals surface area contributed by atoms with Crippen molar-refractivity contribution in [2.24, 2.45) is 0 Å². The van der Waals surface area contributed by atoms with Crippen LogP contribution in [0.25, 0.3) is 0 Å². The van der Waals surface area contributed by atoms with Crippen LogP contribution in [-0.4, -0.2) is 22.2 Å². The van der Waals surface area contributed by atoms with Crippen molar-refractivity contribution in [3.8, 4) is 0 Å². The summed E-state index contributed by atoms with van der Waals surface area (Å²) in [6, 6.07) is 5.57. The molecular weight excluding hydrogens is 252 g/mol. The molecule has 1 aromatic heterocycles. The summed E-state index contributed by atoms with van der Waals surface area (Å²) >= 11 is 0. The molecule has 0 fully saturated rings.